The molecule has 34 heavy (non-hydrogen) atoms. The third kappa shape index (κ3) is 4.13. The number of rotatable bonds is 7. The van der Waals surface area contributed by atoms with Crippen LogP contribution in [0.2, 0.25) is 0 Å². The van der Waals surface area contributed by atoms with Gasteiger partial charge in [0.25, 0.3) is 0 Å². The smallest absolute Gasteiger partial charge is 0.162 e. The van der Waals surface area contributed by atoms with Crippen molar-refractivity contribution in [3.05, 3.63) is 36.2 Å². The van der Waals surface area contributed by atoms with Crippen molar-refractivity contribution in [2.24, 2.45) is 0 Å². The first-order valence-corrected chi connectivity index (χ1v) is 11.8. The van der Waals surface area contributed by atoms with Gasteiger partial charge in [-0.05, 0) is 31.0 Å². The van der Waals surface area contributed by atoms with E-state index in [1.54, 1.807) is 21.3 Å². The first kappa shape index (κ1) is 22.4. The van der Waals surface area contributed by atoms with E-state index in [0.717, 1.165) is 78.7 Å². The number of anilines is 3. The van der Waals surface area contributed by atoms with Crippen LogP contribution in [0.5, 0.6) is 17.2 Å². The standard InChI is InChI=1S/C26H33N5O3/c1-29(2)18-8-9-21(22(14-18)32-3)30-10-12-31(13-11-30)26-19-15-23(33-4)24(34-5)16-20(19)27-25(28-26)17-6-7-17/h8-9,14-17H,6-7,10-13H2,1-5H3. The highest BCUT2D eigenvalue weighted by molar-refractivity contribution is 5.92. The van der Waals surface area contributed by atoms with Crippen molar-refractivity contribution < 1.29 is 14.2 Å². The molecule has 180 valence electrons. The highest BCUT2D eigenvalue weighted by Crippen LogP contribution is 2.42. The zero-order chi connectivity index (χ0) is 23.8. The van der Waals surface area contributed by atoms with E-state index in [1.165, 1.54) is 0 Å². The Hall–Kier alpha value is -3.42. The molecule has 0 bridgehead atoms. The fraction of sp³-hybridized carbons (Fsp3) is 0.462. The lowest BCUT2D eigenvalue weighted by atomic mass is 10.1. The topological polar surface area (TPSA) is 63.2 Å². The molecule has 0 N–H and O–H groups in total. The number of hydrogen-bond donors (Lipinski definition) is 0. The van der Waals surface area contributed by atoms with Gasteiger partial charge in [0, 0.05) is 69.4 Å². The van der Waals surface area contributed by atoms with Crippen molar-refractivity contribution in [1.29, 1.82) is 0 Å². The SMILES string of the molecule is COc1cc2nc(C3CC3)nc(N3CCN(c4ccc(N(C)C)cc4OC)CC3)c2cc1OC. The molecule has 1 saturated heterocycles. The minimum atomic E-state index is 0.469. The van der Waals surface area contributed by atoms with Crippen molar-refractivity contribution >= 4 is 28.1 Å². The normalized spacial score (nSPS) is 16.0. The number of aromatic nitrogens is 2. The van der Waals surface area contributed by atoms with Crippen LogP contribution in [0.15, 0.2) is 30.3 Å². The number of nitrogens with zero attached hydrogens (tertiary/aromatic N) is 5. The summed E-state index contributed by atoms with van der Waals surface area (Å²) in [6.07, 6.45) is 2.32. The number of methoxy groups -OCH3 is 3. The number of fused-ring (bicyclic) bond motifs is 1. The minimum absolute atomic E-state index is 0.469. The molecule has 0 unspecified atom stereocenters. The van der Waals surface area contributed by atoms with Crippen molar-refractivity contribution in [1.82, 2.24) is 9.97 Å². The molecule has 5 rings (SSSR count). The molecule has 1 aliphatic heterocycles. The molecule has 0 amide bonds. The van der Waals surface area contributed by atoms with E-state index in [0.29, 0.717) is 17.4 Å². The lowest BCUT2D eigenvalue weighted by molar-refractivity contribution is 0.355. The average molecular weight is 464 g/mol. The molecule has 2 aliphatic rings. The number of hydrogen-bond acceptors (Lipinski definition) is 8. The molecule has 1 saturated carbocycles. The van der Waals surface area contributed by atoms with Crippen LogP contribution in [0.25, 0.3) is 10.9 Å². The van der Waals surface area contributed by atoms with E-state index < -0.39 is 0 Å². The van der Waals surface area contributed by atoms with E-state index in [4.69, 9.17) is 24.2 Å². The highest BCUT2D eigenvalue weighted by Gasteiger charge is 2.30. The predicted molar refractivity (Wildman–Crippen MR) is 136 cm³/mol. The van der Waals surface area contributed by atoms with Gasteiger partial charge in [0.15, 0.2) is 11.5 Å². The van der Waals surface area contributed by atoms with Gasteiger partial charge in [-0.15, -0.1) is 0 Å². The zero-order valence-electron chi connectivity index (χ0n) is 20.7. The summed E-state index contributed by atoms with van der Waals surface area (Å²) in [6.45, 7) is 3.50. The lowest BCUT2D eigenvalue weighted by Crippen LogP contribution is -2.47. The maximum Gasteiger partial charge on any atom is 0.162 e. The van der Waals surface area contributed by atoms with E-state index in [-0.39, 0.29) is 0 Å². The molecule has 0 atom stereocenters. The van der Waals surface area contributed by atoms with Gasteiger partial charge in [-0.1, -0.05) is 0 Å². The van der Waals surface area contributed by atoms with Crippen LogP contribution >= 0.6 is 0 Å². The summed E-state index contributed by atoms with van der Waals surface area (Å²) in [5, 5.41) is 1.00. The summed E-state index contributed by atoms with van der Waals surface area (Å²) >= 11 is 0. The Morgan fingerprint density at radius 1 is 0.794 bits per heavy atom. The van der Waals surface area contributed by atoms with Crippen molar-refractivity contribution in [2.45, 2.75) is 18.8 Å². The van der Waals surface area contributed by atoms with Gasteiger partial charge in [0.05, 0.1) is 32.5 Å². The van der Waals surface area contributed by atoms with Gasteiger partial charge in [0.2, 0.25) is 0 Å². The third-order valence-corrected chi connectivity index (χ3v) is 6.74. The van der Waals surface area contributed by atoms with Crippen LogP contribution in [0.4, 0.5) is 17.2 Å². The Bertz CT molecular complexity index is 1190. The molecule has 1 aromatic heterocycles. The third-order valence-electron chi connectivity index (χ3n) is 6.74. The van der Waals surface area contributed by atoms with Crippen LogP contribution in [-0.2, 0) is 0 Å². The summed E-state index contributed by atoms with van der Waals surface area (Å²) in [6, 6.07) is 10.4. The number of ether oxygens (including phenoxy) is 3. The second-order valence-corrected chi connectivity index (χ2v) is 9.13. The Balaban J connectivity index is 1.44. The van der Waals surface area contributed by atoms with Gasteiger partial charge in [-0.3, -0.25) is 0 Å². The van der Waals surface area contributed by atoms with Crippen molar-refractivity contribution in [2.75, 3.05) is 76.3 Å². The first-order chi connectivity index (χ1) is 16.5. The molecule has 1 aliphatic carbocycles. The van der Waals surface area contributed by atoms with E-state index in [9.17, 15) is 0 Å². The average Bonchev–Trinajstić information content (AvgIpc) is 3.72. The fourth-order valence-corrected chi connectivity index (χ4v) is 4.59. The molecule has 8 nitrogen and oxygen atoms in total. The zero-order valence-corrected chi connectivity index (χ0v) is 20.7. The number of benzene rings is 2. The van der Waals surface area contributed by atoms with Crippen molar-refractivity contribution in [3.8, 4) is 17.2 Å². The van der Waals surface area contributed by atoms with Gasteiger partial charge < -0.3 is 28.9 Å². The maximum absolute atomic E-state index is 5.73. The van der Waals surface area contributed by atoms with Crippen LogP contribution in [0.3, 0.4) is 0 Å². The molecule has 2 heterocycles. The van der Waals surface area contributed by atoms with Crippen LogP contribution in [0, 0.1) is 0 Å². The molecule has 8 heteroatoms. The van der Waals surface area contributed by atoms with Gasteiger partial charge >= 0.3 is 0 Å². The maximum atomic E-state index is 5.73. The summed E-state index contributed by atoms with van der Waals surface area (Å²) < 4.78 is 16.8. The minimum Gasteiger partial charge on any atom is -0.495 e. The number of piperazine rings is 1. The molecule has 0 radical (unpaired) electrons. The van der Waals surface area contributed by atoms with Gasteiger partial charge in [-0.25, -0.2) is 9.97 Å². The Morgan fingerprint density at radius 3 is 2.06 bits per heavy atom. The van der Waals surface area contributed by atoms with Crippen LogP contribution in [-0.4, -0.2) is 71.6 Å². The molecule has 2 fully saturated rings. The van der Waals surface area contributed by atoms with E-state index in [2.05, 4.69) is 32.9 Å². The molecule has 0 spiro atoms. The van der Waals surface area contributed by atoms with Gasteiger partial charge in [-0.2, -0.15) is 0 Å². The van der Waals surface area contributed by atoms with E-state index >= 15 is 0 Å². The summed E-state index contributed by atoms with van der Waals surface area (Å²) in [7, 11) is 9.14. The van der Waals surface area contributed by atoms with Crippen LogP contribution in [0.1, 0.15) is 24.6 Å². The predicted octanol–water partition coefficient (Wildman–Crippen LogP) is 3.93. The Morgan fingerprint density at radius 2 is 1.44 bits per heavy atom. The first-order valence-electron chi connectivity index (χ1n) is 11.8. The quantitative estimate of drug-likeness (QED) is 0.522. The summed E-state index contributed by atoms with van der Waals surface area (Å²) in [5.41, 5.74) is 3.17. The summed E-state index contributed by atoms with van der Waals surface area (Å²) in [4.78, 5) is 16.8. The Kier molecular flexibility index (Phi) is 5.98. The molecular weight excluding hydrogens is 430 g/mol. The highest BCUT2D eigenvalue weighted by atomic mass is 16.5. The fourth-order valence-electron chi connectivity index (χ4n) is 4.59. The van der Waals surface area contributed by atoms with Gasteiger partial charge in [0.1, 0.15) is 17.4 Å². The monoisotopic (exact) mass is 463 g/mol. The van der Waals surface area contributed by atoms with E-state index in [1.807, 2.05) is 26.2 Å². The largest absolute Gasteiger partial charge is 0.495 e. The second kappa shape index (κ2) is 9.08. The molecular formula is C26H33N5O3. The lowest BCUT2D eigenvalue weighted by Gasteiger charge is -2.38. The molecule has 2 aromatic carbocycles. The Labute approximate surface area is 201 Å². The molecule has 3 aromatic rings. The second-order valence-electron chi connectivity index (χ2n) is 9.13. The van der Waals surface area contributed by atoms with Crippen molar-refractivity contribution in [3.63, 3.8) is 0 Å². The summed E-state index contributed by atoms with van der Waals surface area (Å²) in [5.74, 6) is 4.69. The van der Waals surface area contributed by atoms with Crippen LogP contribution < -0.4 is 28.9 Å².